The van der Waals surface area contributed by atoms with Crippen LogP contribution in [0.15, 0.2) is 48.5 Å². The highest BCUT2D eigenvalue weighted by molar-refractivity contribution is 7.88. The van der Waals surface area contributed by atoms with Crippen molar-refractivity contribution in [3.63, 3.8) is 0 Å². The maximum absolute atomic E-state index is 13.0. The highest BCUT2D eigenvalue weighted by Gasteiger charge is 2.42. The number of carbonyl (C=O) groups is 1. The molecule has 1 saturated heterocycles. The number of piperidine rings is 1. The summed E-state index contributed by atoms with van der Waals surface area (Å²) in [4.78, 5) is 15.4. The van der Waals surface area contributed by atoms with Crippen molar-refractivity contribution in [2.24, 2.45) is 0 Å². The van der Waals surface area contributed by atoms with Crippen LogP contribution < -0.4 is 4.74 Å². The number of benzene rings is 2. The number of sulfonamides is 1. The summed E-state index contributed by atoms with van der Waals surface area (Å²) in [5, 5.41) is 0. The van der Waals surface area contributed by atoms with Gasteiger partial charge in [-0.15, -0.1) is 0 Å². The molecule has 2 heterocycles. The van der Waals surface area contributed by atoms with E-state index in [0.717, 1.165) is 44.5 Å². The van der Waals surface area contributed by atoms with Gasteiger partial charge in [0.05, 0.1) is 18.2 Å². The van der Waals surface area contributed by atoms with Crippen LogP contribution in [0.25, 0.3) is 0 Å². The van der Waals surface area contributed by atoms with Gasteiger partial charge >= 0.3 is 0 Å². The van der Waals surface area contributed by atoms with Gasteiger partial charge < -0.3 is 9.64 Å². The fraction of sp³-hybridized carbons (Fsp3) is 0.458. The third kappa shape index (κ3) is 5.17. The molecule has 7 heteroatoms. The Balaban J connectivity index is 1.38. The van der Waals surface area contributed by atoms with Gasteiger partial charge in [0.15, 0.2) is 5.78 Å². The predicted octanol–water partition coefficient (Wildman–Crippen LogP) is 3.12. The van der Waals surface area contributed by atoms with Crippen LogP contribution in [0.4, 0.5) is 0 Å². The summed E-state index contributed by atoms with van der Waals surface area (Å²) >= 11 is 0. The first-order valence-electron chi connectivity index (χ1n) is 10.8. The Morgan fingerprint density at radius 1 is 1.06 bits per heavy atom. The first kappa shape index (κ1) is 22.0. The Kier molecular flexibility index (Phi) is 6.19. The van der Waals surface area contributed by atoms with Crippen molar-refractivity contribution in [2.75, 3.05) is 32.9 Å². The van der Waals surface area contributed by atoms with E-state index >= 15 is 0 Å². The normalized spacial score (nSPS) is 18.7. The van der Waals surface area contributed by atoms with Gasteiger partial charge in [0.2, 0.25) is 10.0 Å². The Hall–Kier alpha value is -2.22. The lowest BCUT2D eigenvalue weighted by Gasteiger charge is -2.44. The lowest BCUT2D eigenvalue weighted by atomic mass is 9.82. The molecule has 0 aromatic heterocycles. The summed E-state index contributed by atoms with van der Waals surface area (Å²) in [7, 11) is -1.74. The smallest absolute Gasteiger partial charge is 0.211 e. The quantitative estimate of drug-likeness (QED) is 0.688. The van der Waals surface area contributed by atoms with Crippen molar-refractivity contribution >= 4 is 15.8 Å². The molecule has 0 N–H and O–H groups in total. The van der Waals surface area contributed by atoms with Crippen LogP contribution in [-0.2, 0) is 23.0 Å². The molecule has 0 saturated carbocycles. The van der Waals surface area contributed by atoms with E-state index in [1.807, 2.05) is 18.2 Å². The predicted molar refractivity (Wildman–Crippen MR) is 121 cm³/mol. The van der Waals surface area contributed by atoms with E-state index in [2.05, 4.69) is 29.2 Å². The summed E-state index contributed by atoms with van der Waals surface area (Å²) < 4.78 is 31.0. The van der Waals surface area contributed by atoms with Crippen LogP contribution in [0.3, 0.4) is 0 Å². The fourth-order valence-corrected chi connectivity index (χ4v) is 4.79. The van der Waals surface area contributed by atoms with Gasteiger partial charge in [-0.25, -0.2) is 12.7 Å². The lowest BCUT2D eigenvalue weighted by Crippen LogP contribution is -2.51. The van der Waals surface area contributed by atoms with Crippen molar-refractivity contribution in [3.8, 4) is 5.75 Å². The summed E-state index contributed by atoms with van der Waals surface area (Å²) in [6.07, 6.45) is 4.27. The van der Waals surface area contributed by atoms with E-state index in [1.165, 1.54) is 23.2 Å². The number of rotatable bonds is 6. The number of Topliss-reactive ketones (excluding diaryl/α,β-unsaturated/α-hetero) is 1. The van der Waals surface area contributed by atoms with Gasteiger partial charge in [-0.1, -0.05) is 36.4 Å². The van der Waals surface area contributed by atoms with Crippen LogP contribution in [0, 0.1) is 0 Å². The van der Waals surface area contributed by atoms with Crippen LogP contribution >= 0.6 is 0 Å². The number of likely N-dealkylation sites (tertiary alicyclic amines) is 1. The zero-order valence-corrected chi connectivity index (χ0v) is 19.0. The Morgan fingerprint density at radius 3 is 2.45 bits per heavy atom. The Bertz CT molecular complexity index is 1040. The second kappa shape index (κ2) is 8.73. The number of fused-ring (bicyclic) bond motifs is 1. The number of ether oxygens (including phenoxy) is 1. The summed E-state index contributed by atoms with van der Waals surface area (Å²) in [5.74, 6) is 0.711. The van der Waals surface area contributed by atoms with Crippen LogP contribution in [0.2, 0.25) is 0 Å². The third-order valence-corrected chi connectivity index (χ3v) is 7.71. The Morgan fingerprint density at radius 2 is 1.77 bits per heavy atom. The third-order valence-electron chi connectivity index (χ3n) is 6.45. The van der Waals surface area contributed by atoms with Crippen LogP contribution in [-0.4, -0.2) is 61.9 Å². The minimum atomic E-state index is -3.27. The summed E-state index contributed by atoms with van der Waals surface area (Å²) in [6.45, 7) is 3.10. The molecule has 2 aromatic carbocycles. The fourth-order valence-electron chi connectivity index (χ4n) is 4.41. The zero-order chi connectivity index (χ0) is 22.1. The van der Waals surface area contributed by atoms with E-state index in [0.29, 0.717) is 17.7 Å². The second-order valence-electron chi connectivity index (χ2n) is 8.81. The molecule has 2 aliphatic heterocycles. The molecule has 0 amide bonds. The average Bonchev–Trinajstić information content (AvgIpc) is 2.74. The first-order valence-corrected chi connectivity index (χ1v) is 12.6. The molecule has 1 fully saturated rings. The molecule has 0 radical (unpaired) electrons. The van der Waals surface area contributed by atoms with Crippen molar-refractivity contribution in [2.45, 2.75) is 37.8 Å². The monoisotopic (exact) mass is 442 g/mol. The van der Waals surface area contributed by atoms with Crippen molar-refractivity contribution in [1.29, 1.82) is 0 Å². The van der Waals surface area contributed by atoms with Crippen molar-refractivity contribution < 1.29 is 17.9 Å². The van der Waals surface area contributed by atoms with Crippen molar-refractivity contribution in [1.82, 2.24) is 9.21 Å². The zero-order valence-electron chi connectivity index (χ0n) is 18.2. The van der Waals surface area contributed by atoms with E-state index in [-0.39, 0.29) is 12.3 Å². The molecule has 2 aromatic rings. The number of nitrogens with zero attached hydrogens (tertiary/aromatic N) is 2. The molecule has 1 spiro atoms. The molecule has 0 aliphatic carbocycles. The highest BCUT2D eigenvalue weighted by Crippen LogP contribution is 2.39. The average molecular weight is 443 g/mol. The number of hydrogen-bond acceptors (Lipinski definition) is 5. The van der Waals surface area contributed by atoms with E-state index in [9.17, 15) is 13.2 Å². The van der Waals surface area contributed by atoms with Gasteiger partial charge in [-0.3, -0.25) is 4.79 Å². The highest BCUT2D eigenvalue weighted by atomic mass is 32.2. The second-order valence-corrected chi connectivity index (χ2v) is 10.9. The van der Waals surface area contributed by atoms with E-state index < -0.39 is 15.6 Å². The number of hydrogen-bond donors (Lipinski definition) is 0. The van der Waals surface area contributed by atoms with E-state index in [4.69, 9.17) is 4.74 Å². The van der Waals surface area contributed by atoms with Gasteiger partial charge in [0, 0.05) is 46.1 Å². The summed E-state index contributed by atoms with van der Waals surface area (Å²) in [5.41, 5.74) is 2.28. The molecular formula is C24H30N2O4S. The molecule has 4 rings (SSSR count). The lowest BCUT2D eigenvalue weighted by molar-refractivity contribution is -0.00869. The topological polar surface area (TPSA) is 66.9 Å². The minimum absolute atomic E-state index is 0.0860. The molecule has 6 nitrogen and oxygen atoms in total. The van der Waals surface area contributed by atoms with Crippen LogP contribution in [0.1, 0.15) is 40.7 Å². The molecule has 0 bridgehead atoms. The Labute approximate surface area is 184 Å². The SMILES string of the molecule is CN(Cc1ccc2c(c1)C(=O)CC1(CCN(CCc3ccccc3)CC1)O2)S(C)(=O)=O. The maximum atomic E-state index is 13.0. The number of carbonyl (C=O) groups excluding carboxylic acids is 1. The maximum Gasteiger partial charge on any atom is 0.211 e. The molecule has 0 unspecified atom stereocenters. The summed E-state index contributed by atoms with van der Waals surface area (Å²) in [6, 6.07) is 16.0. The molecule has 31 heavy (non-hydrogen) atoms. The van der Waals surface area contributed by atoms with Gasteiger partial charge in [-0.05, 0) is 29.7 Å². The molecule has 2 aliphatic rings. The molecule has 166 valence electrons. The van der Waals surface area contributed by atoms with E-state index in [1.54, 1.807) is 6.07 Å². The molecular weight excluding hydrogens is 412 g/mol. The first-order chi connectivity index (χ1) is 14.7. The van der Waals surface area contributed by atoms with Gasteiger partial charge in [0.25, 0.3) is 0 Å². The van der Waals surface area contributed by atoms with Gasteiger partial charge in [-0.2, -0.15) is 0 Å². The standard InChI is InChI=1S/C24H30N2O4S/c1-25(31(2,28)29)18-20-8-9-23-21(16-20)22(27)17-24(30-23)11-14-26(15-12-24)13-10-19-6-4-3-5-7-19/h3-9,16H,10-15,17-18H2,1-2H3. The number of ketones is 1. The largest absolute Gasteiger partial charge is 0.486 e. The van der Waals surface area contributed by atoms with Crippen molar-refractivity contribution in [3.05, 3.63) is 65.2 Å². The minimum Gasteiger partial charge on any atom is -0.486 e. The molecule has 0 atom stereocenters. The van der Waals surface area contributed by atoms with Crippen LogP contribution in [0.5, 0.6) is 5.75 Å². The van der Waals surface area contributed by atoms with Gasteiger partial charge in [0.1, 0.15) is 11.4 Å².